The molecule has 0 bridgehead atoms. The van der Waals surface area contributed by atoms with Gasteiger partial charge < -0.3 is 10.4 Å². The smallest absolute Gasteiger partial charge is 0.311 e. The quantitative estimate of drug-likeness (QED) is 0.785. The Bertz CT molecular complexity index is 478. The summed E-state index contributed by atoms with van der Waals surface area (Å²) in [5.41, 5.74) is 0.819. The maximum absolute atomic E-state index is 11.3. The van der Waals surface area contributed by atoms with Crippen molar-refractivity contribution in [1.29, 1.82) is 0 Å². The number of hydrogen-bond donors (Lipinski definition) is 2. The number of nitrogens with one attached hydrogen (secondary N) is 1. The van der Waals surface area contributed by atoms with Crippen LogP contribution in [0.1, 0.15) is 36.5 Å². The van der Waals surface area contributed by atoms with Gasteiger partial charge in [0, 0.05) is 17.8 Å². The maximum Gasteiger partial charge on any atom is 0.311 e. The lowest BCUT2D eigenvalue weighted by molar-refractivity contribution is -0.153. The van der Waals surface area contributed by atoms with Crippen LogP contribution in [0.15, 0.2) is 24.3 Å². The fourth-order valence-electron chi connectivity index (χ4n) is 2.19. The lowest BCUT2D eigenvalue weighted by Gasteiger charge is -2.37. The van der Waals surface area contributed by atoms with E-state index >= 15 is 0 Å². The van der Waals surface area contributed by atoms with E-state index in [2.05, 4.69) is 5.32 Å². The van der Waals surface area contributed by atoms with E-state index in [-0.39, 0.29) is 5.78 Å². The average molecular weight is 247 g/mol. The predicted octanol–water partition coefficient (Wildman–Crippen LogP) is 2.56. The molecule has 1 aromatic carbocycles. The van der Waals surface area contributed by atoms with Gasteiger partial charge in [0.1, 0.15) is 0 Å². The number of carboxylic acids is 1. The molecule has 4 heteroatoms. The van der Waals surface area contributed by atoms with Gasteiger partial charge in [-0.3, -0.25) is 9.59 Å². The minimum atomic E-state index is -0.732. The highest BCUT2D eigenvalue weighted by Crippen LogP contribution is 2.41. The number of hydrogen-bond acceptors (Lipinski definition) is 3. The molecule has 4 nitrogen and oxygen atoms in total. The summed E-state index contributed by atoms with van der Waals surface area (Å²) in [6.07, 6.45) is 2.42. The number of benzene rings is 1. The molecular formula is C14H17NO3. The Labute approximate surface area is 106 Å². The van der Waals surface area contributed by atoms with E-state index in [1.807, 2.05) is 6.07 Å². The van der Waals surface area contributed by atoms with E-state index in [1.54, 1.807) is 18.2 Å². The molecule has 0 atom stereocenters. The Kier molecular flexibility index (Phi) is 3.36. The Balaban J connectivity index is 2.04. The van der Waals surface area contributed by atoms with Crippen molar-refractivity contribution in [1.82, 2.24) is 0 Å². The van der Waals surface area contributed by atoms with Crippen LogP contribution in [0.5, 0.6) is 0 Å². The van der Waals surface area contributed by atoms with E-state index in [1.165, 1.54) is 6.92 Å². The largest absolute Gasteiger partial charge is 0.481 e. The monoisotopic (exact) mass is 247 g/mol. The third-order valence-corrected chi connectivity index (χ3v) is 3.66. The Morgan fingerprint density at radius 2 is 2.11 bits per heavy atom. The Morgan fingerprint density at radius 1 is 1.39 bits per heavy atom. The Hall–Kier alpha value is -1.84. The number of ketones is 1. The van der Waals surface area contributed by atoms with Crippen molar-refractivity contribution < 1.29 is 14.7 Å². The number of Topliss-reactive ketones (excluding diaryl/α,β-unsaturated/α-hetero) is 1. The number of carbonyl (C=O) groups is 2. The predicted molar refractivity (Wildman–Crippen MR) is 68.9 cm³/mol. The second-order valence-corrected chi connectivity index (χ2v) is 4.93. The molecule has 2 rings (SSSR count). The fourth-order valence-corrected chi connectivity index (χ4v) is 2.19. The zero-order valence-electron chi connectivity index (χ0n) is 10.4. The van der Waals surface area contributed by atoms with Crippen LogP contribution in [0, 0.1) is 5.41 Å². The molecule has 96 valence electrons. The zero-order chi connectivity index (χ0) is 13.2. The second kappa shape index (κ2) is 4.80. The highest BCUT2D eigenvalue weighted by atomic mass is 16.4. The molecule has 0 aromatic heterocycles. The SMILES string of the molecule is CC(=O)c1cccc(NCC2(C(=O)O)CCC2)c1. The number of anilines is 1. The van der Waals surface area contributed by atoms with Crippen LogP contribution in [0.4, 0.5) is 5.69 Å². The van der Waals surface area contributed by atoms with Crippen molar-refractivity contribution in [3.63, 3.8) is 0 Å². The van der Waals surface area contributed by atoms with Crippen LogP contribution in [-0.2, 0) is 4.79 Å². The first-order valence-electron chi connectivity index (χ1n) is 6.12. The van der Waals surface area contributed by atoms with Crippen LogP contribution < -0.4 is 5.32 Å². The molecule has 1 aromatic rings. The highest BCUT2D eigenvalue weighted by molar-refractivity contribution is 5.94. The molecule has 0 unspecified atom stereocenters. The van der Waals surface area contributed by atoms with Gasteiger partial charge in [-0.2, -0.15) is 0 Å². The van der Waals surface area contributed by atoms with Crippen LogP contribution in [0.25, 0.3) is 0 Å². The van der Waals surface area contributed by atoms with Gasteiger partial charge in [0.2, 0.25) is 0 Å². The van der Waals surface area contributed by atoms with Crippen LogP contribution in [0.2, 0.25) is 0 Å². The normalized spacial score (nSPS) is 16.7. The van der Waals surface area contributed by atoms with Crippen molar-refractivity contribution >= 4 is 17.4 Å². The summed E-state index contributed by atoms with van der Waals surface area (Å²) in [6.45, 7) is 1.94. The molecule has 1 saturated carbocycles. The molecule has 18 heavy (non-hydrogen) atoms. The van der Waals surface area contributed by atoms with Crippen molar-refractivity contribution in [2.75, 3.05) is 11.9 Å². The Morgan fingerprint density at radius 3 is 2.61 bits per heavy atom. The molecule has 0 saturated heterocycles. The van der Waals surface area contributed by atoms with Crippen LogP contribution in [0.3, 0.4) is 0 Å². The minimum absolute atomic E-state index is 0.00948. The molecular weight excluding hydrogens is 230 g/mol. The summed E-state index contributed by atoms with van der Waals surface area (Å²) in [7, 11) is 0. The van der Waals surface area contributed by atoms with Gasteiger partial charge in [0.15, 0.2) is 5.78 Å². The summed E-state index contributed by atoms with van der Waals surface area (Å²) in [5.74, 6) is -0.723. The van der Waals surface area contributed by atoms with E-state index in [0.717, 1.165) is 24.9 Å². The van der Waals surface area contributed by atoms with E-state index < -0.39 is 11.4 Å². The van der Waals surface area contributed by atoms with Crippen LogP contribution >= 0.6 is 0 Å². The molecule has 0 aliphatic heterocycles. The topological polar surface area (TPSA) is 66.4 Å². The third-order valence-electron chi connectivity index (χ3n) is 3.66. The molecule has 0 amide bonds. The number of carbonyl (C=O) groups excluding carboxylic acids is 1. The van der Waals surface area contributed by atoms with Crippen molar-refractivity contribution in [2.24, 2.45) is 5.41 Å². The van der Waals surface area contributed by atoms with Gasteiger partial charge in [-0.25, -0.2) is 0 Å². The zero-order valence-corrected chi connectivity index (χ0v) is 10.4. The molecule has 0 spiro atoms. The molecule has 0 radical (unpaired) electrons. The summed E-state index contributed by atoms with van der Waals surface area (Å²) in [6, 6.07) is 7.16. The van der Waals surface area contributed by atoms with Crippen molar-refractivity contribution in [2.45, 2.75) is 26.2 Å². The average Bonchev–Trinajstić information content (AvgIpc) is 2.27. The van der Waals surface area contributed by atoms with E-state index in [9.17, 15) is 14.7 Å². The minimum Gasteiger partial charge on any atom is -0.481 e. The maximum atomic E-state index is 11.3. The summed E-state index contributed by atoms with van der Waals surface area (Å²) < 4.78 is 0. The van der Waals surface area contributed by atoms with Crippen LogP contribution in [-0.4, -0.2) is 23.4 Å². The van der Waals surface area contributed by atoms with Crippen molar-refractivity contribution in [3.05, 3.63) is 29.8 Å². The summed E-state index contributed by atoms with van der Waals surface area (Å²) in [5, 5.41) is 12.3. The van der Waals surface area contributed by atoms with E-state index in [4.69, 9.17) is 0 Å². The van der Waals surface area contributed by atoms with Gasteiger partial charge in [0.25, 0.3) is 0 Å². The number of aliphatic carboxylic acids is 1. The standard InChI is InChI=1S/C14H17NO3/c1-10(16)11-4-2-5-12(8-11)15-9-14(13(17)18)6-3-7-14/h2,4-5,8,15H,3,6-7,9H2,1H3,(H,17,18). The van der Waals surface area contributed by atoms with Gasteiger partial charge >= 0.3 is 5.97 Å². The van der Waals surface area contributed by atoms with Gasteiger partial charge in [-0.1, -0.05) is 18.6 Å². The molecule has 2 N–H and O–H groups in total. The molecule has 1 fully saturated rings. The van der Waals surface area contributed by atoms with Gasteiger partial charge in [-0.05, 0) is 31.9 Å². The summed E-state index contributed by atoms with van der Waals surface area (Å²) in [4.78, 5) is 22.5. The molecule has 1 aliphatic rings. The van der Waals surface area contributed by atoms with Gasteiger partial charge in [0.05, 0.1) is 5.41 Å². The highest BCUT2D eigenvalue weighted by Gasteiger charge is 2.44. The summed E-state index contributed by atoms with van der Waals surface area (Å²) >= 11 is 0. The third kappa shape index (κ3) is 2.37. The second-order valence-electron chi connectivity index (χ2n) is 4.93. The fraction of sp³-hybridized carbons (Fsp3) is 0.429. The number of carboxylic acid groups (broad SMARTS) is 1. The molecule has 1 aliphatic carbocycles. The van der Waals surface area contributed by atoms with Gasteiger partial charge in [-0.15, -0.1) is 0 Å². The van der Waals surface area contributed by atoms with Crippen molar-refractivity contribution in [3.8, 4) is 0 Å². The molecule has 0 heterocycles. The first-order chi connectivity index (χ1) is 8.53. The lowest BCUT2D eigenvalue weighted by atomic mass is 9.69. The first-order valence-corrected chi connectivity index (χ1v) is 6.12. The first kappa shape index (κ1) is 12.6. The lowest BCUT2D eigenvalue weighted by Crippen LogP contribution is -2.43. The number of rotatable bonds is 5. The van der Waals surface area contributed by atoms with E-state index in [0.29, 0.717) is 12.1 Å².